The molecule has 7 aromatic carbocycles. The van der Waals surface area contributed by atoms with Gasteiger partial charge in [-0.1, -0.05) is 172 Å². The summed E-state index contributed by atoms with van der Waals surface area (Å²) < 4.78 is 8.44. The number of benzene rings is 7. The van der Waals surface area contributed by atoms with Gasteiger partial charge < -0.3 is 4.74 Å². The molecule has 0 fully saturated rings. The summed E-state index contributed by atoms with van der Waals surface area (Å²) in [5.74, 6) is 0.971. The van der Waals surface area contributed by atoms with Crippen LogP contribution >= 0.6 is 11.3 Å². The Morgan fingerprint density at radius 1 is 0.683 bits per heavy atom. The highest BCUT2D eigenvalue weighted by Crippen LogP contribution is 2.58. The Kier molecular flexibility index (Phi) is 7.79. The maximum atomic E-state index is 7.25. The fourth-order valence-electron chi connectivity index (χ4n) is 10.1. The van der Waals surface area contributed by atoms with Gasteiger partial charge in [0, 0.05) is 32.3 Å². The Bertz CT molecular complexity index is 3310. The van der Waals surface area contributed by atoms with Crippen LogP contribution in [0.3, 0.4) is 0 Å². The first-order chi connectivity index (χ1) is 29.4. The highest BCUT2D eigenvalue weighted by Gasteiger charge is 2.47. The summed E-state index contributed by atoms with van der Waals surface area (Å²) in [5, 5.41) is 3.55. The molecule has 9 aromatic rings. The minimum Gasteiger partial charge on any atom is -0.484 e. The lowest BCUT2D eigenvalue weighted by Gasteiger charge is -2.40. The van der Waals surface area contributed by atoms with E-state index in [4.69, 9.17) is 21.3 Å². The number of ether oxygens (including phenoxy) is 1. The molecule has 12 rings (SSSR count). The van der Waals surface area contributed by atoms with Crippen LogP contribution in [0.1, 0.15) is 53.1 Å². The minimum absolute atomic E-state index is 0.0203. The van der Waals surface area contributed by atoms with Crippen molar-refractivity contribution in [3.63, 3.8) is 0 Å². The van der Waals surface area contributed by atoms with Crippen LogP contribution in [0.15, 0.2) is 182 Å². The number of thiophene rings is 1. The maximum absolute atomic E-state index is 7.25. The molecule has 1 aliphatic heterocycles. The summed E-state index contributed by atoms with van der Waals surface area (Å²) in [6, 6.07) is 58.8. The fourth-order valence-corrected chi connectivity index (χ4v) is 11.1. The van der Waals surface area contributed by atoms with E-state index in [1.54, 1.807) is 11.3 Å². The Hall–Kier alpha value is -6.88. The zero-order chi connectivity index (χ0) is 40.1. The number of allylic oxidation sites excluding steroid dienone is 2. The van der Waals surface area contributed by atoms with Gasteiger partial charge >= 0.3 is 0 Å². The fraction of sp³-hybridized carbons (Fsp3) is 0.107. The van der Waals surface area contributed by atoms with Crippen molar-refractivity contribution in [3.8, 4) is 28.3 Å². The van der Waals surface area contributed by atoms with Crippen LogP contribution in [0, 0.1) is 5.41 Å². The summed E-state index contributed by atoms with van der Waals surface area (Å²) in [6.45, 7) is 9.76. The molecule has 2 unspecified atom stereocenters. The predicted molar refractivity (Wildman–Crippen MR) is 250 cm³/mol. The third-order valence-electron chi connectivity index (χ3n) is 13.0. The minimum atomic E-state index is -0.256. The number of fused-ring (bicyclic) bond motifs is 10. The van der Waals surface area contributed by atoms with Gasteiger partial charge in [-0.15, -0.1) is 11.3 Å². The van der Waals surface area contributed by atoms with E-state index in [0.29, 0.717) is 0 Å². The quantitative estimate of drug-likeness (QED) is 0.174. The molecule has 0 saturated heterocycles. The van der Waals surface area contributed by atoms with E-state index in [9.17, 15) is 0 Å². The van der Waals surface area contributed by atoms with Crippen LogP contribution in [-0.2, 0) is 6.42 Å². The first-order valence-corrected chi connectivity index (χ1v) is 21.6. The van der Waals surface area contributed by atoms with Gasteiger partial charge in [0.15, 0.2) is 0 Å². The van der Waals surface area contributed by atoms with E-state index in [2.05, 4.69) is 178 Å². The highest BCUT2D eigenvalue weighted by molar-refractivity contribution is 7.25. The summed E-state index contributed by atoms with van der Waals surface area (Å²) in [7, 11) is 0. The van der Waals surface area contributed by atoms with Crippen LogP contribution in [0.5, 0.6) is 5.75 Å². The SMILES string of the molecule is C=C(C1=C(C2=Cc3ccccc3CC2(C)C)c2ccccc2C2c3cc4ccccc4cc3OC12)c1ccc(-c2nc3sc4ccccc4c3nc2-c2ccccc2)cc1. The average Bonchev–Trinajstić information content (AvgIpc) is 3.84. The van der Waals surface area contributed by atoms with Gasteiger partial charge in [-0.25, -0.2) is 9.97 Å². The molecule has 2 aliphatic carbocycles. The number of hydrogen-bond acceptors (Lipinski definition) is 4. The number of hydrogen-bond donors (Lipinski definition) is 0. The second-order valence-corrected chi connectivity index (χ2v) is 18.1. The summed E-state index contributed by atoms with van der Waals surface area (Å²) in [6.07, 6.45) is 3.13. The molecule has 3 aliphatic rings. The summed E-state index contributed by atoms with van der Waals surface area (Å²) in [4.78, 5) is 11.6. The van der Waals surface area contributed by atoms with E-state index in [0.717, 1.165) is 67.1 Å². The van der Waals surface area contributed by atoms with E-state index < -0.39 is 0 Å². The third-order valence-corrected chi connectivity index (χ3v) is 14.0. The molecule has 2 atom stereocenters. The van der Waals surface area contributed by atoms with Gasteiger partial charge in [-0.3, -0.25) is 0 Å². The maximum Gasteiger partial charge on any atom is 0.143 e. The van der Waals surface area contributed by atoms with Crippen molar-refractivity contribution < 1.29 is 4.74 Å². The Morgan fingerprint density at radius 3 is 2.22 bits per heavy atom. The van der Waals surface area contributed by atoms with Crippen LogP contribution in [0.4, 0.5) is 0 Å². The third kappa shape index (κ3) is 5.41. The zero-order valence-corrected chi connectivity index (χ0v) is 34.3. The van der Waals surface area contributed by atoms with Crippen molar-refractivity contribution in [1.82, 2.24) is 9.97 Å². The van der Waals surface area contributed by atoms with E-state index >= 15 is 0 Å². The standard InChI is InChI=1S/C56H40N2OS/c1-33(34-25-27-36(28-26-34)52-51(35-15-5-4-6-16-35)57-53-43-23-13-14-24-47(43)60-55(53)58-52)48-50(45-30-38-18-9-10-20-40(38)32-56(45,2)3)42-22-12-11-21-41(42)49-44-29-37-17-7-8-19-39(37)31-46(44)59-54(48)49/h4-31,49,54H,1,32H2,2-3H3. The summed E-state index contributed by atoms with van der Waals surface area (Å²) in [5.41, 5.74) is 16.8. The molecule has 0 spiro atoms. The molecular weight excluding hydrogens is 749 g/mol. The number of nitrogens with zero attached hydrogens (tertiary/aromatic N) is 2. The van der Waals surface area contributed by atoms with Crippen molar-refractivity contribution in [2.75, 3.05) is 0 Å². The molecule has 4 heteroatoms. The second-order valence-electron chi connectivity index (χ2n) is 17.0. The molecule has 286 valence electrons. The molecule has 0 amide bonds. The van der Waals surface area contributed by atoms with Gasteiger partial charge in [0.2, 0.25) is 0 Å². The van der Waals surface area contributed by atoms with E-state index in [1.807, 2.05) is 6.07 Å². The molecule has 0 radical (unpaired) electrons. The molecule has 3 heterocycles. The summed E-state index contributed by atoms with van der Waals surface area (Å²) >= 11 is 1.70. The van der Waals surface area contributed by atoms with Crippen molar-refractivity contribution >= 4 is 59.8 Å². The predicted octanol–water partition coefficient (Wildman–Crippen LogP) is 14.4. The molecule has 2 aromatic heterocycles. The Labute approximate surface area is 353 Å². The first kappa shape index (κ1) is 35.1. The monoisotopic (exact) mass is 788 g/mol. The lowest BCUT2D eigenvalue weighted by molar-refractivity contribution is 0.258. The number of aromatic nitrogens is 2. The molecule has 0 bridgehead atoms. The first-order valence-electron chi connectivity index (χ1n) is 20.8. The van der Waals surface area contributed by atoms with Crippen molar-refractivity contribution in [1.29, 1.82) is 0 Å². The van der Waals surface area contributed by atoms with Crippen LogP contribution in [-0.4, -0.2) is 16.1 Å². The average molecular weight is 789 g/mol. The molecule has 0 saturated carbocycles. The van der Waals surface area contributed by atoms with Gasteiger partial charge in [0.05, 0.1) is 17.3 Å². The topological polar surface area (TPSA) is 35.0 Å². The van der Waals surface area contributed by atoms with E-state index in [-0.39, 0.29) is 17.4 Å². The van der Waals surface area contributed by atoms with Crippen LogP contribution in [0.2, 0.25) is 0 Å². The van der Waals surface area contributed by atoms with Gasteiger partial charge in [0.1, 0.15) is 22.2 Å². The zero-order valence-electron chi connectivity index (χ0n) is 33.4. The normalized spacial score (nSPS) is 17.5. The lowest BCUT2D eigenvalue weighted by Crippen LogP contribution is -2.32. The van der Waals surface area contributed by atoms with Gasteiger partial charge in [0.25, 0.3) is 0 Å². The molecular formula is C56H40N2OS. The molecule has 0 N–H and O–H groups in total. The number of rotatable bonds is 5. The van der Waals surface area contributed by atoms with Crippen LogP contribution in [0.25, 0.3) is 70.9 Å². The highest BCUT2D eigenvalue weighted by atomic mass is 32.1. The molecule has 3 nitrogen and oxygen atoms in total. The van der Waals surface area contributed by atoms with Crippen LogP contribution < -0.4 is 4.74 Å². The lowest BCUT2D eigenvalue weighted by atomic mass is 9.63. The van der Waals surface area contributed by atoms with Crippen molar-refractivity contribution in [2.24, 2.45) is 5.41 Å². The van der Waals surface area contributed by atoms with E-state index in [1.165, 1.54) is 54.4 Å². The van der Waals surface area contributed by atoms with Gasteiger partial charge in [-0.2, -0.15) is 0 Å². The largest absolute Gasteiger partial charge is 0.484 e. The molecule has 60 heavy (non-hydrogen) atoms. The van der Waals surface area contributed by atoms with Crippen molar-refractivity contribution in [2.45, 2.75) is 32.3 Å². The Balaban J connectivity index is 1.05. The van der Waals surface area contributed by atoms with Gasteiger partial charge in [-0.05, 0) is 85.3 Å². The second kappa shape index (κ2) is 13.3. The smallest absolute Gasteiger partial charge is 0.143 e. The van der Waals surface area contributed by atoms with Crippen molar-refractivity contribution in [3.05, 3.63) is 215 Å². The Morgan fingerprint density at radius 2 is 1.37 bits per heavy atom.